The lowest BCUT2D eigenvalue weighted by molar-refractivity contribution is -0.384. The summed E-state index contributed by atoms with van der Waals surface area (Å²) in [4.78, 5) is 34.0. The van der Waals surface area contributed by atoms with E-state index in [1.54, 1.807) is 24.3 Å². The first-order valence-electron chi connectivity index (χ1n) is 7.56. The number of carbonyl (C=O) groups is 2. The average molecular weight is 378 g/mol. The number of nitro groups is 1. The molecule has 136 valence electrons. The van der Waals surface area contributed by atoms with E-state index in [1.807, 2.05) is 0 Å². The van der Waals surface area contributed by atoms with Gasteiger partial charge < -0.3 is 15.4 Å². The van der Waals surface area contributed by atoms with Gasteiger partial charge >= 0.3 is 5.97 Å². The van der Waals surface area contributed by atoms with Crippen LogP contribution in [0.1, 0.15) is 20.7 Å². The summed E-state index contributed by atoms with van der Waals surface area (Å²) in [6.07, 6.45) is 0. The van der Waals surface area contributed by atoms with Crippen LogP contribution in [0.2, 0.25) is 5.02 Å². The predicted molar refractivity (Wildman–Crippen MR) is 96.7 cm³/mol. The van der Waals surface area contributed by atoms with Crippen molar-refractivity contribution in [2.45, 2.75) is 0 Å². The summed E-state index contributed by atoms with van der Waals surface area (Å²) < 4.78 is 4.55. The Bertz CT molecular complexity index is 824. The fraction of sp³-hybridized carbons (Fsp3) is 0.176. The molecule has 0 aliphatic heterocycles. The minimum absolute atomic E-state index is 0.0841. The molecule has 0 fully saturated rings. The number of anilines is 1. The number of methoxy groups -OCH3 is 1. The number of nitro benzene ring substituents is 1. The maximum Gasteiger partial charge on any atom is 0.338 e. The Labute approximate surface area is 154 Å². The van der Waals surface area contributed by atoms with Crippen molar-refractivity contribution in [3.8, 4) is 0 Å². The molecule has 0 aromatic heterocycles. The first kappa shape index (κ1) is 19.2. The standard InChI is InChI=1S/C17H16ClN3O5/c1-26-17(23)12-4-7-14(15(10-12)21(24)25)19-8-9-20-16(22)11-2-5-13(18)6-3-11/h2-7,10,19H,8-9H2,1H3,(H,20,22). The molecule has 0 aliphatic rings. The van der Waals surface area contributed by atoms with Crippen LogP contribution >= 0.6 is 11.6 Å². The van der Waals surface area contributed by atoms with Crippen molar-refractivity contribution in [3.63, 3.8) is 0 Å². The van der Waals surface area contributed by atoms with Gasteiger partial charge in [-0.05, 0) is 36.4 Å². The van der Waals surface area contributed by atoms with E-state index in [4.69, 9.17) is 11.6 Å². The summed E-state index contributed by atoms with van der Waals surface area (Å²) in [7, 11) is 1.20. The number of esters is 1. The SMILES string of the molecule is COC(=O)c1ccc(NCCNC(=O)c2ccc(Cl)cc2)c([N+](=O)[O-])c1. The van der Waals surface area contributed by atoms with Gasteiger partial charge in [0.2, 0.25) is 0 Å². The van der Waals surface area contributed by atoms with E-state index in [0.717, 1.165) is 6.07 Å². The van der Waals surface area contributed by atoms with E-state index in [9.17, 15) is 19.7 Å². The highest BCUT2D eigenvalue weighted by Gasteiger charge is 2.17. The van der Waals surface area contributed by atoms with E-state index < -0.39 is 10.9 Å². The van der Waals surface area contributed by atoms with Gasteiger partial charge in [-0.1, -0.05) is 11.6 Å². The average Bonchev–Trinajstić information content (AvgIpc) is 2.64. The molecule has 8 nitrogen and oxygen atoms in total. The summed E-state index contributed by atoms with van der Waals surface area (Å²) in [5.41, 5.74) is 0.531. The normalized spacial score (nSPS) is 10.1. The lowest BCUT2D eigenvalue weighted by atomic mass is 10.1. The van der Waals surface area contributed by atoms with E-state index in [1.165, 1.54) is 19.2 Å². The van der Waals surface area contributed by atoms with Gasteiger partial charge in [0.25, 0.3) is 11.6 Å². The van der Waals surface area contributed by atoms with Crippen LogP contribution in [0.3, 0.4) is 0 Å². The maximum absolute atomic E-state index is 12.0. The second-order valence-electron chi connectivity index (χ2n) is 5.17. The molecule has 0 aliphatic carbocycles. The number of hydrogen-bond donors (Lipinski definition) is 2. The van der Waals surface area contributed by atoms with Crippen LogP contribution in [0.25, 0.3) is 0 Å². The molecule has 2 aromatic carbocycles. The monoisotopic (exact) mass is 377 g/mol. The molecular formula is C17H16ClN3O5. The quantitative estimate of drug-likeness (QED) is 0.332. The fourth-order valence-corrected chi connectivity index (χ4v) is 2.28. The van der Waals surface area contributed by atoms with Gasteiger partial charge in [0.15, 0.2) is 0 Å². The highest BCUT2D eigenvalue weighted by atomic mass is 35.5. The second-order valence-corrected chi connectivity index (χ2v) is 5.61. The number of rotatable bonds is 7. The Morgan fingerprint density at radius 1 is 1.12 bits per heavy atom. The third-order valence-electron chi connectivity index (χ3n) is 3.45. The van der Waals surface area contributed by atoms with Gasteiger partial charge in [-0.2, -0.15) is 0 Å². The van der Waals surface area contributed by atoms with Crippen molar-refractivity contribution in [2.24, 2.45) is 0 Å². The minimum atomic E-state index is -0.658. The van der Waals surface area contributed by atoms with Crippen molar-refractivity contribution in [1.29, 1.82) is 0 Å². The summed E-state index contributed by atoms with van der Waals surface area (Å²) in [6, 6.07) is 10.4. The molecule has 2 aromatic rings. The zero-order valence-corrected chi connectivity index (χ0v) is 14.6. The summed E-state index contributed by atoms with van der Waals surface area (Å²) in [5, 5.41) is 17.3. The second kappa shape index (κ2) is 8.82. The smallest absolute Gasteiger partial charge is 0.338 e. The van der Waals surface area contributed by atoms with Gasteiger partial charge in [-0.25, -0.2) is 4.79 Å². The summed E-state index contributed by atoms with van der Waals surface area (Å²) in [5.74, 6) is -0.936. The molecule has 2 rings (SSSR count). The Hall–Kier alpha value is -3.13. The van der Waals surface area contributed by atoms with E-state index in [0.29, 0.717) is 10.6 Å². The van der Waals surface area contributed by atoms with Gasteiger partial charge in [0.1, 0.15) is 5.69 Å². The number of nitrogens with zero attached hydrogens (tertiary/aromatic N) is 1. The molecule has 0 atom stereocenters. The number of benzene rings is 2. The molecule has 0 spiro atoms. The maximum atomic E-state index is 12.0. The highest BCUT2D eigenvalue weighted by Crippen LogP contribution is 2.25. The molecule has 2 N–H and O–H groups in total. The highest BCUT2D eigenvalue weighted by molar-refractivity contribution is 6.30. The first-order valence-corrected chi connectivity index (χ1v) is 7.94. The van der Waals surface area contributed by atoms with Crippen molar-refractivity contribution in [2.75, 3.05) is 25.5 Å². The van der Waals surface area contributed by atoms with Crippen molar-refractivity contribution in [1.82, 2.24) is 5.32 Å². The lowest BCUT2D eigenvalue weighted by Gasteiger charge is -2.09. The third-order valence-corrected chi connectivity index (χ3v) is 3.70. The topological polar surface area (TPSA) is 111 Å². The third kappa shape index (κ3) is 4.93. The Kier molecular flexibility index (Phi) is 6.51. The molecule has 9 heteroatoms. The molecule has 0 bridgehead atoms. The zero-order chi connectivity index (χ0) is 19.1. The predicted octanol–water partition coefficient (Wildman–Crippen LogP) is 2.88. The summed E-state index contributed by atoms with van der Waals surface area (Å²) >= 11 is 5.77. The Balaban J connectivity index is 1.94. The molecule has 0 heterocycles. The number of halogens is 1. The van der Waals surface area contributed by atoms with Crippen LogP contribution in [0.4, 0.5) is 11.4 Å². The Morgan fingerprint density at radius 2 is 1.77 bits per heavy atom. The number of amides is 1. The number of ether oxygens (including phenoxy) is 1. The minimum Gasteiger partial charge on any atom is -0.465 e. The lowest BCUT2D eigenvalue weighted by Crippen LogP contribution is -2.28. The van der Waals surface area contributed by atoms with Crippen LogP contribution in [0, 0.1) is 10.1 Å². The fourth-order valence-electron chi connectivity index (χ4n) is 2.15. The number of carbonyl (C=O) groups excluding carboxylic acids is 2. The van der Waals surface area contributed by atoms with E-state index in [2.05, 4.69) is 15.4 Å². The number of hydrogen-bond acceptors (Lipinski definition) is 6. The van der Waals surface area contributed by atoms with Crippen LogP contribution in [-0.2, 0) is 4.74 Å². The largest absolute Gasteiger partial charge is 0.465 e. The van der Waals surface area contributed by atoms with Crippen molar-refractivity contribution >= 4 is 34.9 Å². The molecular weight excluding hydrogens is 362 g/mol. The summed E-state index contributed by atoms with van der Waals surface area (Å²) in [6.45, 7) is 0.509. The van der Waals surface area contributed by atoms with Crippen LogP contribution in [0.15, 0.2) is 42.5 Å². The van der Waals surface area contributed by atoms with Gasteiger partial charge in [-0.3, -0.25) is 14.9 Å². The van der Waals surface area contributed by atoms with Crippen LogP contribution < -0.4 is 10.6 Å². The first-order chi connectivity index (χ1) is 12.4. The molecule has 0 unspecified atom stereocenters. The molecule has 0 saturated carbocycles. The zero-order valence-electron chi connectivity index (χ0n) is 13.8. The molecule has 0 radical (unpaired) electrons. The van der Waals surface area contributed by atoms with Crippen molar-refractivity contribution in [3.05, 3.63) is 68.7 Å². The molecule has 1 amide bonds. The van der Waals surface area contributed by atoms with E-state index >= 15 is 0 Å². The van der Waals surface area contributed by atoms with Gasteiger partial charge in [0.05, 0.1) is 17.6 Å². The van der Waals surface area contributed by atoms with Gasteiger partial charge in [-0.15, -0.1) is 0 Å². The van der Waals surface area contributed by atoms with Crippen LogP contribution in [0.5, 0.6) is 0 Å². The van der Waals surface area contributed by atoms with Crippen molar-refractivity contribution < 1.29 is 19.2 Å². The van der Waals surface area contributed by atoms with E-state index in [-0.39, 0.29) is 35.9 Å². The van der Waals surface area contributed by atoms with Crippen LogP contribution in [-0.4, -0.2) is 37.0 Å². The van der Waals surface area contributed by atoms with Gasteiger partial charge in [0, 0.05) is 29.7 Å². The number of nitrogens with one attached hydrogen (secondary N) is 2. The molecule has 0 saturated heterocycles. The Morgan fingerprint density at radius 3 is 2.38 bits per heavy atom. The molecule has 26 heavy (non-hydrogen) atoms.